The van der Waals surface area contributed by atoms with Gasteiger partial charge in [-0.05, 0) is 84.9 Å². The second-order valence-corrected chi connectivity index (χ2v) is 8.90. The molecule has 0 amide bonds. The number of hydrogen-bond acceptors (Lipinski definition) is 2. The van der Waals surface area contributed by atoms with Gasteiger partial charge in [0.15, 0.2) is 0 Å². The van der Waals surface area contributed by atoms with Crippen LogP contribution in [0.5, 0.6) is 0 Å². The summed E-state index contributed by atoms with van der Waals surface area (Å²) >= 11 is 0. The number of fused-ring (bicyclic) bond motifs is 1. The van der Waals surface area contributed by atoms with E-state index in [1.165, 1.54) is 16.3 Å². The Bertz CT molecular complexity index is 1090. The van der Waals surface area contributed by atoms with Crippen LogP contribution < -0.4 is 0 Å². The highest BCUT2D eigenvalue weighted by atomic mass is 16.4. The molecule has 31 heavy (non-hydrogen) atoms. The maximum atomic E-state index is 12.6. The summed E-state index contributed by atoms with van der Waals surface area (Å²) in [4.78, 5) is 24.0. The van der Waals surface area contributed by atoms with Gasteiger partial charge >= 0.3 is 5.97 Å². The zero-order chi connectivity index (χ0) is 21.8. The Balaban J connectivity index is 1.36. The van der Waals surface area contributed by atoms with Crippen LogP contribution in [0, 0.1) is 18.8 Å². The summed E-state index contributed by atoms with van der Waals surface area (Å²) in [5.41, 5.74) is 3.59. The number of hydrogen-bond donors (Lipinski definition) is 1. The van der Waals surface area contributed by atoms with Crippen LogP contribution in [0.15, 0.2) is 60.7 Å². The molecule has 0 heterocycles. The molecule has 1 saturated carbocycles. The van der Waals surface area contributed by atoms with Crippen LogP contribution >= 0.6 is 0 Å². The van der Waals surface area contributed by atoms with Crippen LogP contribution in [-0.2, 0) is 17.6 Å². The van der Waals surface area contributed by atoms with Gasteiger partial charge in [0.25, 0.3) is 0 Å². The fraction of sp³-hybridized carbons (Fsp3) is 0.357. The highest BCUT2D eigenvalue weighted by Crippen LogP contribution is 2.36. The molecular weight excluding hydrogens is 384 g/mol. The second kappa shape index (κ2) is 9.47. The van der Waals surface area contributed by atoms with Crippen LogP contribution in [0.1, 0.15) is 59.2 Å². The summed E-state index contributed by atoms with van der Waals surface area (Å²) < 4.78 is 0. The van der Waals surface area contributed by atoms with Gasteiger partial charge in [0.2, 0.25) is 0 Å². The summed E-state index contributed by atoms with van der Waals surface area (Å²) in [6, 6.07) is 20.6. The smallest absolute Gasteiger partial charge is 0.335 e. The lowest BCUT2D eigenvalue weighted by Crippen LogP contribution is -2.16. The molecule has 3 heteroatoms. The van der Waals surface area contributed by atoms with Crippen molar-refractivity contribution in [2.75, 3.05) is 0 Å². The largest absolute Gasteiger partial charge is 0.478 e. The lowest BCUT2D eigenvalue weighted by molar-refractivity contribution is -0.121. The van der Waals surface area contributed by atoms with E-state index in [-0.39, 0.29) is 5.92 Å². The van der Waals surface area contributed by atoms with Crippen molar-refractivity contribution >= 4 is 22.5 Å². The van der Waals surface area contributed by atoms with Crippen LogP contribution in [0.25, 0.3) is 10.8 Å². The number of Topliss-reactive ketones (excluding diaryl/α,β-unsaturated/α-hetero) is 1. The Hall–Kier alpha value is -2.94. The molecule has 1 fully saturated rings. The molecule has 3 nitrogen and oxygen atoms in total. The van der Waals surface area contributed by atoms with Gasteiger partial charge in [0.1, 0.15) is 5.78 Å². The second-order valence-electron chi connectivity index (χ2n) is 8.90. The van der Waals surface area contributed by atoms with E-state index in [2.05, 4.69) is 42.5 Å². The third-order valence-electron chi connectivity index (χ3n) is 6.92. The van der Waals surface area contributed by atoms with Crippen molar-refractivity contribution in [1.82, 2.24) is 0 Å². The summed E-state index contributed by atoms with van der Waals surface area (Å²) in [6.07, 6.45) is 6.44. The standard InChI is InChI=1S/C28H30O3/c1-19-12-13-20(18-26(19)28(30)31)6-4-8-23-15-17-27(29)25(23)16-14-22-10-5-9-21-7-2-3-11-24(21)22/h2-3,5,7,9-13,18,23,25H,4,6,8,14-17H2,1H3,(H,30,31)/t23-,25+/m0/s1. The molecule has 0 radical (unpaired) electrons. The maximum absolute atomic E-state index is 12.6. The average Bonchev–Trinajstić information content (AvgIpc) is 3.12. The molecule has 3 aromatic carbocycles. The van der Waals surface area contributed by atoms with E-state index < -0.39 is 5.97 Å². The number of carboxylic acid groups (broad SMARTS) is 1. The lowest BCUT2D eigenvalue weighted by Gasteiger charge is -2.19. The lowest BCUT2D eigenvalue weighted by atomic mass is 9.85. The van der Waals surface area contributed by atoms with E-state index >= 15 is 0 Å². The topological polar surface area (TPSA) is 54.4 Å². The van der Waals surface area contributed by atoms with Crippen LogP contribution in [0.2, 0.25) is 0 Å². The zero-order valence-electron chi connectivity index (χ0n) is 18.1. The van der Waals surface area contributed by atoms with Crippen molar-refractivity contribution in [1.29, 1.82) is 0 Å². The molecule has 0 spiro atoms. The zero-order valence-corrected chi connectivity index (χ0v) is 18.1. The minimum Gasteiger partial charge on any atom is -0.478 e. The fourth-order valence-electron chi connectivity index (χ4n) is 5.16. The van der Waals surface area contributed by atoms with E-state index in [4.69, 9.17) is 0 Å². The number of carbonyl (C=O) groups excluding carboxylic acids is 1. The summed E-state index contributed by atoms with van der Waals surface area (Å²) in [7, 11) is 0. The van der Waals surface area contributed by atoms with Crippen molar-refractivity contribution in [3.63, 3.8) is 0 Å². The number of ketones is 1. The first-order chi connectivity index (χ1) is 15.0. The molecule has 0 unspecified atom stereocenters. The molecular formula is C28H30O3. The normalized spacial score (nSPS) is 18.5. The Kier molecular flexibility index (Phi) is 6.50. The van der Waals surface area contributed by atoms with Crippen LogP contribution in [0.4, 0.5) is 0 Å². The monoisotopic (exact) mass is 414 g/mol. The first kappa shape index (κ1) is 21.3. The van der Waals surface area contributed by atoms with E-state index in [0.29, 0.717) is 23.7 Å². The summed E-state index contributed by atoms with van der Waals surface area (Å²) in [5.74, 6) is 0.168. The minimum absolute atomic E-state index is 0.159. The third kappa shape index (κ3) is 4.87. The molecule has 1 aliphatic rings. The first-order valence-electron chi connectivity index (χ1n) is 11.3. The van der Waals surface area contributed by atoms with Gasteiger partial charge in [0.05, 0.1) is 5.56 Å². The van der Waals surface area contributed by atoms with Crippen molar-refractivity contribution in [3.05, 3.63) is 82.9 Å². The van der Waals surface area contributed by atoms with Crippen molar-refractivity contribution in [2.24, 2.45) is 11.8 Å². The SMILES string of the molecule is Cc1ccc(CCC[C@H]2CCC(=O)[C@@H]2CCc2cccc3ccccc23)cc1C(=O)O. The predicted molar refractivity (Wildman–Crippen MR) is 125 cm³/mol. The number of aromatic carboxylic acids is 1. The molecule has 0 aliphatic heterocycles. The molecule has 4 rings (SSSR count). The van der Waals surface area contributed by atoms with E-state index in [9.17, 15) is 14.7 Å². The highest BCUT2D eigenvalue weighted by molar-refractivity contribution is 5.89. The molecule has 160 valence electrons. The number of carboxylic acids is 1. The van der Waals surface area contributed by atoms with Gasteiger partial charge < -0.3 is 5.11 Å². The van der Waals surface area contributed by atoms with Gasteiger partial charge in [-0.25, -0.2) is 4.79 Å². The molecule has 2 atom stereocenters. The molecule has 0 bridgehead atoms. The van der Waals surface area contributed by atoms with Gasteiger partial charge in [-0.3, -0.25) is 4.79 Å². The van der Waals surface area contributed by atoms with Crippen molar-refractivity contribution < 1.29 is 14.7 Å². The quantitative estimate of drug-likeness (QED) is 0.464. The van der Waals surface area contributed by atoms with E-state index in [1.54, 1.807) is 6.07 Å². The van der Waals surface area contributed by atoms with Crippen LogP contribution in [-0.4, -0.2) is 16.9 Å². The third-order valence-corrected chi connectivity index (χ3v) is 6.92. The van der Waals surface area contributed by atoms with Gasteiger partial charge in [-0.15, -0.1) is 0 Å². The molecule has 3 aromatic rings. The maximum Gasteiger partial charge on any atom is 0.335 e. The van der Waals surface area contributed by atoms with E-state index in [1.807, 2.05) is 19.1 Å². The highest BCUT2D eigenvalue weighted by Gasteiger charge is 2.33. The number of carbonyl (C=O) groups is 2. The fourth-order valence-corrected chi connectivity index (χ4v) is 5.16. The molecule has 1 aliphatic carbocycles. The first-order valence-corrected chi connectivity index (χ1v) is 11.3. The molecule has 1 N–H and O–H groups in total. The molecule has 0 aromatic heterocycles. The van der Waals surface area contributed by atoms with E-state index in [0.717, 1.165) is 49.7 Å². The number of benzene rings is 3. The number of aryl methyl sites for hydroxylation is 3. The predicted octanol–water partition coefficient (Wildman–Crippen LogP) is 6.40. The van der Waals surface area contributed by atoms with Gasteiger partial charge in [0, 0.05) is 12.3 Å². The number of rotatable bonds is 8. The van der Waals surface area contributed by atoms with Gasteiger partial charge in [-0.1, -0.05) is 54.6 Å². The summed E-state index contributed by atoms with van der Waals surface area (Å²) in [5, 5.41) is 11.9. The Morgan fingerprint density at radius 3 is 2.65 bits per heavy atom. The van der Waals surface area contributed by atoms with Crippen LogP contribution in [0.3, 0.4) is 0 Å². The van der Waals surface area contributed by atoms with Gasteiger partial charge in [-0.2, -0.15) is 0 Å². The Morgan fingerprint density at radius 2 is 1.81 bits per heavy atom. The Morgan fingerprint density at radius 1 is 1.00 bits per heavy atom. The van der Waals surface area contributed by atoms with Crippen molar-refractivity contribution in [3.8, 4) is 0 Å². The van der Waals surface area contributed by atoms with Crippen molar-refractivity contribution in [2.45, 2.75) is 51.9 Å². The Labute approximate surface area is 184 Å². The molecule has 0 saturated heterocycles. The minimum atomic E-state index is -0.866. The average molecular weight is 415 g/mol. The summed E-state index contributed by atoms with van der Waals surface area (Å²) in [6.45, 7) is 1.83.